The third-order valence-electron chi connectivity index (χ3n) is 9.61. The van der Waals surface area contributed by atoms with Crippen molar-refractivity contribution in [1.29, 1.82) is 0 Å². The number of hydrogen-bond donors (Lipinski definition) is 0. The number of benzene rings is 1. The average Bonchev–Trinajstić information content (AvgIpc) is 3.14. The van der Waals surface area contributed by atoms with Gasteiger partial charge in [-0.1, -0.05) is 167 Å². The summed E-state index contributed by atoms with van der Waals surface area (Å²) in [7, 11) is 4.34. The van der Waals surface area contributed by atoms with Crippen LogP contribution in [0.4, 0.5) is 0 Å². The quantitative estimate of drug-likeness (QED) is 0.0861. The highest BCUT2D eigenvalue weighted by Gasteiger charge is 2.25. The van der Waals surface area contributed by atoms with Gasteiger partial charge >= 0.3 is 0 Å². The van der Waals surface area contributed by atoms with Crippen LogP contribution in [0.1, 0.15) is 168 Å². The predicted octanol–water partition coefficient (Wildman–Crippen LogP) is 11.4. The topological polar surface area (TPSA) is 34.2 Å². The highest BCUT2D eigenvalue weighted by molar-refractivity contribution is 5.39. The van der Waals surface area contributed by atoms with Crippen molar-refractivity contribution in [2.45, 2.75) is 180 Å². The normalized spacial score (nSPS) is 17.0. The average molecular weight is 631 g/mol. The van der Waals surface area contributed by atoms with Crippen LogP contribution in [0.25, 0.3) is 0 Å². The fourth-order valence-electron chi connectivity index (χ4n) is 6.40. The predicted molar refractivity (Wildman–Crippen MR) is 194 cm³/mol. The third-order valence-corrected chi connectivity index (χ3v) is 9.61. The minimum absolute atomic E-state index is 0.108. The van der Waals surface area contributed by atoms with Gasteiger partial charge in [0.05, 0.1) is 13.2 Å². The van der Waals surface area contributed by atoms with Crippen LogP contribution < -0.4 is 9.47 Å². The molecule has 2 unspecified atom stereocenters. The van der Waals surface area contributed by atoms with E-state index in [2.05, 4.69) is 37.7 Å². The second-order valence-electron chi connectivity index (χ2n) is 13.9. The van der Waals surface area contributed by atoms with Crippen LogP contribution in [-0.4, -0.2) is 62.7 Å². The summed E-state index contributed by atoms with van der Waals surface area (Å²) in [4.78, 5) is 4.65. The van der Waals surface area contributed by atoms with Crippen LogP contribution in [0, 0.1) is 0 Å². The lowest BCUT2D eigenvalue weighted by atomic mass is 10.1. The molecule has 0 fully saturated rings. The first kappa shape index (κ1) is 39.9. The Morgan fingerprint density at radius 3 is 1.07 bits per heavy atom. The van der Waals surface area contributed by atoms with Crippen LogP contribution in [0.5, 0.6) is 11.5 Å². The Morgan fingerprint density at radius 1 is 0.467 bits per heavy atom. The highest BCUT2D eigenvalue weighted by Crippen LogP contribution is 2.30. The summed E-state index contributed by atoms with van der Waals surface area (Å²) in [5.74, 6) is 1.64. The van der Waals surface area contributed by atoms with Crippen molar-refractivity contribution >= 4 is 0 Å². The molecule has 1 aliphatic rings. The summed E-state index contributed by atoms with van der Waals surface area (Å²) >= 11 is 0. The van der Waals surface area contributed by atoms with Crippen molar-refractivity contribution in [2.24, 2.45) is 0 Å². The van der Waals surface area contributed by atoms with Crippen molar-refractivity contribution in [1.82, 2.24) is 9.80 Å². The lowest BCUT2D eigenvalue weighted by Gasteiger charge is -2.28. The lowest BCUT2D eigenvalue weighted by Crippen LogP contribution is -2.43. The van der Waals surface area contributed by atoms with Crippen molar-refractivity contribution in [3.8, 4) is 11.5 Å². The molecule has 1 aliphatic heterocycles. The summed E-state index contributed by atoms with van der Waals surface area (Å²) < 4.78 is 19.2. The van der Waals surface area contributed by atoms with Gasteiger partial charge in [-0.25, -0.2) is 0 Å². The first-order chi connectivity index (χ1) is 22.2. The zero-order chi connectivity index (χ0) is 32.2. The molecule has 0 saturated heterocycles. The third kappa shape index (κ3) is 19.8. The number of rotatable bonds is 28. The van der Waals surface area contributed by atoms with E-state index in [-0.39, 0.29) is 12.5 Å². The van der Waals surface area contributed by atoms with Crippen molar-refractivity contribution in [3.05, 3.63) is 24.3 Å². The zero-order valence-corrected chi connectivity index (χ0v) is 30.4. The van der Waals surface area contributed by atoms with E-state index < -0.39 is 0 Å². The summed E-state index contributed by atoms with van der Waals surface area (Å²) in [6, 6.07) is 8.14. The zero-order valence-electron chi connectivity index (χ0n) is 30.4. The Morgan fingerprint density at radius 2 is 0.756 bits per heavy atom. The standard InChI is InChI=1S/C40H74N2O3/c1-5-7-9-11-13-15-17-19-21-23-25-29-33-41(3)39-35-43-36-40(45-38-32-28-27-31-37(38)44-39)42(4)34-30-26-24-22-20-18-16-14-12-10-8-6-2/h27-28,31-32,39-40H,5-26,29-30,33-36H2,1-4H3. The summed E-state index contributed by atoms with van der Waals surface area (Å²) in [6.07, 6.45) is 32.8. The van der Waals surface area contributed by atoms with Crippen LogP contribution in [0.3, 0.4) is 0 Å². The monoisotopic (exact) mass is 631 g/mol. The molecule has 0 N–H and O–H groups in total. The summed E-state index contributed by atoms with van der Waals surface area (Å²) in [6.45, 7) is 7.74. The minimum atomic E-state index is -0.108. The molecule has 0 spiro atoms. The molecule has 262 valence electrons. The van der Waals surface area contributed by atoms with Gasteiger partial charge in [-0.3, -0.25) is 9.80 Å². The molecule has 0 aromatic heterocycles. The fourth-order valence-corrected chi connectivity index (χ4v) is 6.40. The van der Waals surface area contributed by atoms with Gasteiger partial charge in [0.15, 0.2) is 24.0 Å². The highest BCUT2D eigenvalue weighted by atomic mass is 16.6. The molecular weight excluding hydrogens is 556 g/mol. The maximum absolute atomic E-state index is 6.50. The molecule has 5 heteroatoms. The molecule has 1 aromatic rings. The lowest BCUT2D eigenvalue weighted by molar-refractivity contribution is -0.0634. The second-order valence-corrected chi connectivity index (χ2v) is 13.9. The molecule has 1 heterocycles. The van der Waals surface area contributed by atoms with E-state index in [9.17, 15) is 0 Å². The molecule has 5 nitrogen and oxygen atoms in total. The Bertz CT molecular complexity index is 728. The Hall–Kier alpha value is -1.30. The van der Waals surface area contributed by atoms with E-state index in [1.807, 2.05) is 24.3 Å². The summed E-state index contributed by atoms with van der Waals surface area (Å²) in [5.41, 5.74) is 0. The Balaban J connectivity index is 1.63. The number of fused-ring (bicyclic) bond motifs is 1. The van der Waals surface area contributed by atoms with Crippen LogP contribution in [-0.2, 0) is 4.74 Å². The van der Waals surface area contributed by atoms with Crippen LogP contribution in [0.2, 0.25) is 0 Å². The van der Waals surface area contributed by atoms with E-state index in [0.717, 1.165) is 24.6 Å². The number of para-hydroxylation sites is 2. The smallest absolute Gasteiger partial charge is 0.176 e. The van der Waals surface area contributed by atoms with Gasteiger partial charge in [0.1, 0.15) is 0 Å². The number of unbranched alkanes of at least 4 members (excludes halogenated alkanes) is 22. The largest absolute Gasteiger partial charge is 0.469 e. The number of likely N-dealkylation sites (N-methyl/N-ethyl adjacent to an activating group) is 2. The Kier molecular flexibility index (Phi) is 24.6. The SMILES string of the molecule is CCCCCCCCCCCCCCN(C)C1COCC(N(C)CCCCCCCCCCCCCC)Oc2ccccc2O1. The fraction of sp³-hybridized carbons (Fsp3) is 0.850. The van der Waals surface area contributed by atoms with E-state index >= 15 is 0 Å². The molecule has 0 aliphatic carbocycles. The van der Waals surface area contributed by atoms with Crippen LogP contribution in [0.15, 0.2) is 24.3 Å². The van der Waals surface area contributed by atoms with E-state index in [4.69, 9.17) is 14.2 Å². The molecule has 2 atom stereocenters. The van der Waals surface area contributed by atoms with Gasteiger partial charge in [0.25, 0.3) is 0 Å². The van der Waals surface area contributed by atoms with E-state index in [1.165, 1.54) is 154 Å². The maximum Gasteiger partial charge on any atom is 0.176 e. The molecule has 0 bridgehead atoms. The van der Waals surface area contributed by atoms with Crippen molar-refractivity contribution < 1.29 is 14.2 Å². The van der Waals surface area contributed by atoms with Gasteiger partial charge in [-0.05, 0) is 39.1 Å². The van der Waals surface area contributed by atoms with E-state index in [0.29, 0.717) is 13.2 Å². The molecule has 1 aromatic carbocycles. The molecular formula is C40H74N2O3. The Labute approximate surface area is 280 Å². The van der Waals surface area contributed by atoms with Crippen molar-refractivity contribution in [3.63, 3.8) is 0 Å². The minimum Gasteiger partial charge on any atom is -0.469 e. The van der Waals surface area contributed by atoms with Gasteiger partial charge in [0, 0.05) is 13.1 Å². The summed E-state index contributed by atoms with van der Waals surface area (Å²) in [5, 5.41) is 0. The molecule has 2 rings (SSSR count). The number of hydrogen-bond acceptors (Lipinski definition) is 5. The molecule has 0 amide bonds. The van der Waals surface area contributed by atoms with Crippen molar-refractivity contribution in [2.75, 3.05) is 40.4 Å². The molecule has 0 saturated carbocycles. The van der Waals surface area contributed by atoms with Crippen LogP contribution >= 0.6 is 0 Å². The van der Waals surface area contributed by atoms with Gasteiger partial charge in [-0.2, -0.15) is 0 Å². The first-order valence-electron chi connectivity index (χ1n) is 19.6. The van der Waals surface area contributed by atoms with Gasteiger partial charge in [-0.15, -0.1) is 0 Å². The van der Waals surface area contributed by atoms with Gasteiger partial charge in [0.2, 0.25) is 0 Å². The maximum atomic E-state index is 6.50. The molecule has 45 heavy (non-hydrogen) atoms. The van der Waals surface area contributed by atoms with Gasteiger partial charge < -0.3 is 14.2 Å². The number of nitrogens with zero attached hydrogens (tertiary/aromatic N) is 2. The number of ether oxygens (including phenoxy) is 3. The first-order valence-corrected chi connectivity index (χ1v) is 19.6. The second kappa shape index (κ2) is 27.8. The van der Waals surface area contributed by atoms with E-state index in [1.54, 1.807) is 0 Å². The molecule has 0 radical (unpaired) electrons.